The van der Waals surface area contributed by atoms with E-state index in [0.29, 0.717) is 12.5 Å². The van der Waals surface area contributed by atoms with Crippen molar-refractivity contribution in [2.75, 3.05) is 11.5 Å². The number of benzene rings is 5. The second-order valence-electron chi connectivity index (χ2n) is 14.1. The predicted molar refractivity (Wildman–Crippen MR) is 194 cm³/mol. The Labute approximate surface area is 280 Å². The molecule has 238 valence electrons. The van der Waals surface area contributed by atoms with E-state index < -0.39 is 8.32 Å². The van der Waals surface area contributed by atoms with Crippen LogP contribution in [0.25, 0.3) is 0 Å². The first-order valence-corrected chi connectivity index (χ1v) is 18.7. The quantitative estimate of drug-likeness (QED) is 0.159. The van der Waals surface area contributed by atoms with Gasteiger partial charge in [0.1, 0.15) is 5.75 Å². The van der Waals surface area contributed by atoms with Gasteiger partial charge in [0.25, 0.3) is 0 Å². The van der Waals surface area contributed by atoms with Gasteiger partial charge in [-0.3, -0.25) is 0 Å². The molecule has 7 rings (SSSR count). The van der Waals surface area contributed by atoms with E-state index in [1.54, 1.807) is 4.90 Å². The highest BCUT2D eigenvalue weighted by Gasteiger charge is 2.58. The number of amides is 1. The van der Waals surface area contributed by atoms with E-state index in [0.717, 1.165) is 42.8 Å². The highest BCUT2D eigenvalue weighted by Crippen LogP contribution is 2.65. The molecule has 2 unspecified atom stereocenters. The summed E-state index contributed by atoms with van der Waals surface area (Å²) in [5.41, 5.74) is 4.23. The van der Waals surface area contributed by atoms with E-state index in [2.05, 4.69) is 99.6 Å². The Morgan fingerprint density at radius 1 is 0.745 bits per heavy atom. The molecule has 1 saturated carbocycles. The summed E-state index contributed by atoms with van der Waals surface area (Å²) in [5.74, 6) is 1.35. The normalized spacial score (nSPS) is 18.7. The summed E-state index contributed by atoms with van der Waals surface area (Å²) in [5, 5.41) is 2.43. The average Bonchev–Trinajstić information content (AvgIpc) is 3.84. The van der Waals surface area contributed by atoms with Gasteiger partial charge in [-0.1, -0.05) is 130 Å². The smallest absolute Gasteiger partial charge is 0.418 e. The Bertz CT molecular complexity index is 1740. The van der Waals surface area contributed by atoms with Gasteiger partial charge < -0.3 is 9.16 Å². The van der Waals surface area contributed by atoms with E-state index in [1.165, 1.54) is 21.5 Å². The number of fused-ring (bicyclic) bond motifs is 3. The molecule has 5 aromatic rings. The summed E-state index contributed by atoms with van der Waals surface area (Å²) in [4.78, 5) is 15.4. The van der Waals surface area contributed by atoms with Crippen LogP contribution in [0.5, 0.6) is 5.75 Å². The second kappa shape index (κ2) is 12.5. The molecule has 0 radical (unpaired) electrons. The molecule has 1 amide bonds. The lowest BCUT2D eigenvalue weighted by atomic mass is 9.97. The lowest BCUT2D eigenvalue weighted by Gasteiger charge is -2.43. The van der Waals surface area contributed by atoms with Gasteiger partial charge in [-0.2, -0.15) is 0 Å². The third kappa shape index (κ3) is 5.78. The number of hydrogen-bond acceptors (Lipinski definition) is 3. The molecule has 4 nitrogen and oxygen atoms in total. The molecule has 0 aromatic heterocycles. The molecule has 1 fully saturated rings. The third-order valence-corrected chi connectivity index (χ3v) is 15.1. The predicted octanol–water partition coefficient (Wildman–Crippen LogP) is 9.41. The Hall–Kier alpha value is -4.61. The van der Waals surface area contributed by atoms with Crippen molar-refractivity contribution in [1.29, 1.82) is 0 Å². The van der Waals surface area contributed by atoms with Crippen LogP contribution < -0.4 is 19.7 Å². The van der Waals surface area contributed by atoms with E-state index >= 15 is 0 Å². The minimum atomic E-state index is -2.78. The van der Waals surface area contributed by atoms with Gasteiger partial charge in [-0.15, -0.1) is 0 Å². The molecule has 0 saturated heterocycles. The van der Waals surface area contributed by atoms with Crippen molar-refractivity contribution < 1.29 is 14.0 Å². The molecule has 2 aliphatic rings. The van der Waals surface area contributed by atoms with Crippen LogP contribution in [0.1, 0.15) is 57.1 Å². The molecule has 0 N–H and O–H groups in total. The van der Waals surface area contributed by atoms with Crippen molar-refractivity contribution in [2.24, 2.45) is 5.41 Å². The fourth-order valence-corrected chi connectivity index (χ4v) is 12.2. The highest BCUT2D eigenvalue weighted by molar-refractivity contribution is 7.00. The SMILES string of the molecule is CC(C)(C)[Si](Oc1cccc2c1CCCC1(COC(=O)N(c3ccccc3)c3ccccc3)CC21)(c1ccccc1)c1ccccc1. The topological polar surface area (TPSA) is 38.8 Å². The van der Waals surface area contributed by atoms with Crippen LogP contribution in [-0.2, 0) is 11.2 Å². The summed E-state index contributed by atoms with van der Waals surface area (Å²) in [6.07, 6.45) is 3.69. The minimum absolute atomic E-state index is 0.0457. The molecular weight excluding hydrogens is 595 g/mol. The summed E-state index contributed by atoms with van der Waals surface area (Å²) in [7, 11) is -2.78. The van der Waals surface area contributed by atoms with E-state index in [9.17, 15) is 4.79 Å². The van der Waals surface area contributed by atoms with Crippen LogP contribution in [0.4, 0.5) is 16.2 Å². The first-order valence-electron chi connectivity index (χ1n) is 16.8. The standard InChI is InChI=1S/C42H43NO3Si/c1-41(2,3)47(34-22-12-6-13-23-34,35-24-14-7-15-25-35)46-39-28-16-26-36-37(39)27-17-29-42(30-38(36)42)31-45-40(44)43(32-18-8-4-9-19-32)33-20-10-5-11-21-33/h4-16,18-26,28,38H,17,27,29-31H2,1-3H3. The molecule has 0 bridgehead atoms. The fourth-order valence-electron chi connectivity index (χ4n) is 7.78. The van der Waals surface area contributed by atoms with Gasteiger partial charge in [-0.25, -0.2) is 9.69 Å². The molecule has 0 aliphatic heterocycles. The first-order chi connectivity index (χ1) is 22.8. The minimum Gasteiger partial charge on any atom is -0.534 e. The number of hydrogen-bond donors (Lipinski definition) is 0. The summed E-state index contributed by atoms with van der Waals surface area (Å²) < 4.78 is 13.8. The van der Waals surface area contributed by atoms with Crippen LogP contribution in [0.3, 0.4) is 0 Å². The van der Waals surface area contributed by atoms with Crippen LogP contribution in [0.15, 0.2) is 140 Å². The van der Waals surface area contributed by atoms with Gasteiger partial charge in [0.2, 0.25) is 0 Å². The van der Waals surface area contributed by atoms with Crippen molar-refractivity contribution in [3.8, 4) is 5.75 Å². The maximum absolute atomic E-state index is 13.7. The zero-order chi connectivity index (χ0) is 32.5. The van der Waals surface area contributed by atoms with E-state index in [1.807, 2.05) is 60.7 Å². The summed E-state index contributed by atoms with van der Waals surface area (Å²) in [6, 6.07) is 47.8. The molecule has 0 heterocycles. The zero-order valence-corrected chi connectivity index (χ0v) is 28.6. The zero-order valence-electron chi connectivity index (χ0n) is 27.6. The van der Waals surface area contributed by atoms with E-state index in [4.69, 9.17) is 9.16 Å². The van der Waals surface area contributed by atoms with Crippen molar-refractivity contribution >= 4 is 36.2 Å². The summed E-state index contributed by atoms with van der Waals surface area (Å²) >= 11 is 0. The molecule has 5 heteroatoms. The van der Waals surface area contributed by atoms with Crippen LogP contribution >= 0.6 is 0 Å². The molecule has 5 aromatic carbocycles. The Kier molecular flexibility index (Phi) is 8.27. The van der Waals surface area contributed by atoms with Crippen LogP contribution in [0, 0.1) is 5.41 Å². The molecular formula is C42H43NO3Si. The molecule has 2 aliphatic carbocycles. The molecule has 47 heavy (non-hydrogen) atoms. The average molecular weight is 638 g/mol. The Morgan fingerprint density at radius 3 is 1.81 bits per heavy atom. The maximum atomic E-state index is 13.7. The lowest BCUT2D eigenvalue weighted by molar-refractivity contribution is 0.124. The largest absolute Gasteiger partial charge is 0.534 e. The van der Waals surface area contributed by atoms with E-state index in [-0.39, 0.29) is 16.5 Å². The van der Waals surface area contributed by atoms with Crippen molar-refractivity contribution in [2.45, 2.75) is 57.4 Å². The molecule has 0 spiro atoms. The number of ether oxygens (including phenoxy) is 1. The highest BCUT2D eigenvalue weighted by atomic mass is 28.4. The number of nitrogens with zero attached hydrogens (tertiary/aromatic N) is 1. The third-order valence-electron chi connectivity index (χ3n) is 10.2. The number of anilines is 2. The van der Waals surface area contributed by atoms with Crippen LogP contribution in [0.2, 0.25) is 5.04 Å². The number of carbonyl (C=O) groups is 1. The van der Waals surface area contributed by atoms with Crippen molar-refractivity contribution in [3.05, 3.63) is 151 Å². The first kappa shape index (κ1) is 31.0. The van der Waals surface area contributed by atoms with Gasteiger partial charge >= 0.3 is 14.4 Å². The summed E-state index contributed by atoms with van der Waals surface area (Å²) in [6.45, 7) is 7.39. The van der Waals surface area contributed by atoms with Crippen molar-refractivity contribution in [1.82, 2.24) is 0 Å². The monoisotopic (exact) mass is 637 g/mol. The van der Waals surface area contributed by atoms with Crippen LogP contribution in [-0.4, -0.2) is 21.0 Å². The number of rotatable bonds is 8. The second-order valence-corrected chi connectivity index (χ2v) is 18.3. The van der Waals surface area contributed by atoms with Gasteiger partial charge in [-0.05, 0) is 88.5 Å². The Balaban J connectivity index is 1.19. The molecule has 2 atom stereocenters. The number of carbonyl (C=O) groups excluding carboxylic acids is 1. The van der Waals surface area contributed by atoms with Gasteiger partial charge in [0.15, 0.2) is 0 Å². The lowest BCUT2D eigenvalue weighted by Crippen LogP contribution is -2.68. The Morgan fingerprint density at radius 2 is 1.28 bits per heavy atom. The maximum Gasteiger partial charge on any atom is 0.418 e. The van der Waals surface area contributed by atoms with Gasteiger partial charge in [0, 0.05) is 5.41 Å². The fraction of sp³-hybridized carbons (Fsp3) is 0.262. The number of para-hydroxylation sites is 2. The van der Waals surface area contributed by atoms with Gasteiger partial charge in [0.05, 0.1) is 18.0 Å². The van der Waals surface area contributed by atoms with Crippen molar-refractivity contribution in [3.63, 3.8) is 0 Å².